The Balaban J connectivity index is -0.00000000531. The van der Waals surface area contributed by atoms with Crippen molar-refractivity contribution < 1.29 is 217 Å². The normalized spacial score (nSPS) is 3.09. The maximum atomic E-state index is 7.50. The largest absolute Gasteiger partial charge is 0 e. The van der Waals surface area contributed by atoms with Crippen LogP contribution >= 0.6 is 30.2 Å². The minimum atomic E-state index is 0. The summed E-state index contributed by atoms with van der Waals surface area (Å²) in [4.78, 5) is 0. The summed E-state index contributed by atoms with van der Waals surface area (Å²) in [7, 11) is 6.44. The van der Waals surface area contributed by atoms with E-state index < -0.39 is 0 Å². The Morgan fingerprint density at radius 3 is 0.123 bits per heavy atom. The zero-order valence-corrected chi connectivity index (χ0v) is 43.9. The third kappa shape index (κ3) is 25900. The third-order valence-corrected chi connectivity index (χ3v) is 13.0. The van der Waals surface area contributed by atoms with E-state index in [1.807, 2.05) is 0 Å². The van der Waals surface area contributed by atoms with Gasteiger partial charge in [0.25, 0.3) is 0 Å². The van der Waals surface area contributed by atoms with Crippen LogP contribution < -0.4 is 0 Å². The topological polar surface area (TPSA) is 478 Å². The molecule has 0 unspecified atom stereocenters. The average molecular weight is 1720 g/mol. The molecule has 0 atom stereocenters. The second kappa shape index (κ2) is 26900. The van der Waals surface area contributed by atoms with Crippen molar-refractivity contribution in [2.75, 3.05) is 0 Å². The van der Waals surface area contributed by atoms with Gasteiger partial charge in [0.05, 0.1) is 0 Å². The zero-order valence-electron chi connectivity index (χ0n) is 25.6. The smallest absolute Gasteiger partial charge is 0 e. The molecule has 0 aromatic heterocycles. The quantitative estimate of drug-likeness (QED) is 0.192. The minimum absolute atomic E-state index is 0. The van der Waals surface area contributed by atoms with Gasteiger partial charge in [0.15, 0.2) is 0 Å². The van der Waals surface area contributed by atoms with Crippen molar-refractivity contribution in [3.8, 4) is 0 Å². The summed E-state index contributed by atoms with van der Waals surface area (Å²) in [5.74, 6) is 0. The van der Waals surface area contributed by atoms with Gasteiger partial charge < -0.3 is 0 Å². The molecule has 0 bridgehead atoms. The van der Waals surface area contributed by atoms with E-state index in [1.54, 1.807) is 30.2 Å². The summed E-state index contributed by atoms with van der Waals surface area (Å²) in [5.41, 5.74) is 0. The zero-order chi connectivity index (χ0) is 50.8. The van der Waals surface area contributed by atoms with Crippen molar-refractivity contribution in [3.05, 3.63) is 160 Å². The van der Waals surface area contributed by atoms with E-state index in [-0.39, 0.29) is 105 Å². The summed E-state index contributed by atoms with van der Waals surface area (Å²) >= 11 is 0. The van der Waals surface area contributed by atoms with Crippen molar-refractivity contribution in [2.45, 2.75) is 0 Å². The Morgan fingerprint density at radius 1 is 0.105 bits per heavy atom. The van der Waals surface area contributed by atoms with Crippen LogP contribution in [0.15, 0.2) is 0 Å². The first-order valence-corrected chi connectivity index (χ1v) is 12.1. The van der Waals surface area contributed by atoms with Crippen molar-refractivity contribution in [1.82, 2.24) is 0 Å². The van der Waals surface area contributed by atoms with Crippen LogP contribution in [0.1, 0.15) is 0 Å². The van der Waals surface area contributed by atoms with Crippen molar-refractivity contribution in [2.24, 2.45) is 0 Å². The molecule has 1 aliphatic rings. The monoisotopic (exact) mass is 1720 g/mol. The fourth-order valence-corrected chi connectivity index (χ4v) is 3.24. The maximum Gasteiger partial charge on any atom is 0 e. The number of hydrogen-bond acceptors (Lipinski definition) is 0. The Bertz CT molecular complexity index is 665. The second-order valence-corrected chi connectivity index (χ2v) is 9.66. The van der Waals surface area contributed by atoms with Gasteiger partial charge in [-0.2, -0.15) is 0 Å². The van der Waals surface area contributed by atoms with Gasteiger partial charge in [0.2, 0.25) is 0 Å². The molecule has 0 N–H and O–H groups in total. The molecule has 0 saturated heterocycles. The fraction of sp³-hybridized carbons (Fsp3) is 0. The van der Waals surface area contributed by atoms with E-state index >= 15 is 0 Å². The Morgan fingerprint density at radius 2 is 0.123 bits per heavy atom. The van der Waals surface area contributed by atoms with E-state index in [0.717, 1.165) is 0 Å². The molecule has 1 heterocycles. The number of rotatable bonds is 0. The molecule has 0 aliphatic carbocycles. The molecular formula is C24O24P4W5. The van der Waals surface area contributed by atoms with Gasteiger partial charge in [-0.1, -0.05) is 0 Å². The molecule has 0 spiro atoms. The SMILES string of the molecule is P1=PP=P1.[C-]#[O+].[C-]#[O+].[C-]#[O+].[C-]#[O+].[C-]#[O+].[C-]#[O+].[C-]#[O+].[C-]#[O+].[C-]#[O+].[C-]#[O+].[C-]#[O+].[C-]#[O+].[C-]#[O+].[C-]#[O+].[C-]#[O+].[C-]#[O+].[C-]#[O+].[C-]#[O+].[C-]#[O+].[C-]#[O+].[C-]#[O+].[C-]#[O+].[C-]#[O+].[C-]#[O+].[W].[W].[W].[W].[W]. The third-order valence-electron chi connectivity index (χ3n) is 0.160. The second-order valence-electron chi connectivity index (χ2n) is 0.358. The summed E-state index contributed by atoms with van der Waals surface area (Å²) in [6, 6.07) is 0. The fourth-order valence-electron chi connectivity index (χ4n) is 0.0400. The Kier molecular flexibility index (Phi) is 111000. The van der Waals surface area contributed by atoms with Crippen LogP contribution in [0.5, 0.6) is 0 Å². The molecule has 0 amide bonds. The van der Waals surface area contributed by atoms with Crippen molar-refractivity contribution in [3.63, 3.8) is 0 Å². The van der Waals surface area contributed by atoms with Crippen LogP contribution in [-0.2, 0) is 217 Å². The molecule has 1 rings (SSSR count). The van der Waals surface area contributed by atoms with Crippen LogP contribution in [-0.4, -0.2) is 0 Å². The van der Waals surface area contributed by atoms with Crippen LogP contribution in [0.2, 0.25) is 0 Å². The predicted molar refractivity (Wildman–Crippen MR) is 122 cm³/mol. The Labute approximate surface area is 403 Å². The molecule has 0 radical (unpaired) electrons. The molecule has 57 heavy (non-hydrogen) atoms. The molecular weight excluding hydrogens is 1720 g/mol. The summed E-state index contributed by atoms with van der Waals surface area (Å²) < 4.78 is 180. The molecule has 33 heteroatoms. The van der Waals surface area contributed by atoms with Gasteiger partial charge in [0, 0.05) is 136 Å². The summed E-state index contributed by atoms with van der Waals surface area (Å²) in [5, 5.41) is 0. The first kappa shape index (κ1) is 235. The maximum absolute atomic E-state index is 7.50. The van der Waals surface area contributed by atoms with Gasteiger partial charge in [-0.05, 0) is 0 Å². The van der Waals surface area contributed by atoms with E-state index in [2.05, 4.69) is 160 Å². The molecule has 1 aliphatic heterocycles. The van der Waals surface area contributed by atoms with Crippen molar-refractivity contribution >= 4 is 30.2 Å². The molecule has 0 saturated carbocycles. The average Bonchev–Trinajstić information content (AvgIpc) is 3.36. The van der Waals surface area contributed by atoms with Crippen LogP contribution in [0.3, 0.4) is 0 Å². The first-order valence-electron chi connectivity index (χ1n) is 5.70. The van der Waals surface area contributed by atoms with Crippen molar-refractivity contribution in [1.29, 1.82) is 0 Å². The first-order chi connectivity index (χ1) is 26.0. The summed E-state index contributed by atoms with van der Waals surface area (Å²) in [6.07, 6.45) is 0. The number of hydrogen-bond donors (Lipinski definition) is 0. The van der Waals surface area contributed by atoms with Crippen LogP contribution in [0.4, 0.5) is 0 Å². The van der Waals surface area contributed by atoms with Gasteiger partial charge in [-0.15, -0.1) is 0 Å². The van der Waals surface area contributed by atoms with E-state index in [9.17, 15) is 0 Å². The minimum Gasteiger partial charge on any atom is 0 e. The van der Waals surface area contributed by atoms with Gasteiger partial charge in [0.1, 0.15) is 0 Å². The molecule has 0 aromatic rings. The molecule has 24 nitrogen and oxygen atoms in total. The standard InChI is InChI=1S/24CO.P4.5W/c24*1-2;1-2-4-3-1;;;;;. The van der Waals surface area contributed by atoms with Gasteiger partial charge in [-0.3, -0.25) is 0 Å². The molecule has 0 fully saturated rings. The van der Waals surface area contributed by atoms with E-state index in [1.165, 1.54) is 0 Å². The van der Waals surface area contributed by atoms with Crippen LogP contribution in [0.25, 0.3) is 0 Å². The van der Waals surface area contributed by atoms with E-state index in [0.29, 0.717) is 0 Å². The van der Waals surface area contributed by atoms with E-state index in [4.69, 9.17) is 112 Å². The van der Waals surface area contributed by atoms with Gasteiger partial charge in [-0.25, -0.2) is 0 Å². The Hall–Kier alpha value is -1.60. The molecule has 0 aromatic carbocycles. The predicted octanol–water partition coefficient (Wildman–Crippen LogP) is 2.53. The molecule has 290 valence electrons. The van der Waals surface area contributed by atoms with Crippen LogP contribution in [0, 0.1) is 160 Å². The summed E-state index contributed by atoms with van der Waals surface area (Å²) in [6.45, 7) is 108. The van der Waals surface area contributed by atoms with Gasteiger partial charge >= 0.3 is 271 Å².